The molecule has 1 fully saturated rings. The van der Waals surface area contributed by atoms with Gasteiger partial charge in [-0.2, -0.15) is 0 Å². The van der Waals surface area contributed by atoms with Crippen LogP contribution in [0.2, 0.25) is 5.02 Å². The molecule has 0 amide bonds. The summed E-state index contributed by atoms with van der Waals surface area (Å²) in [5.41, 5.74) is 0.840. The van der Waals surface area contributed by atoms with Gasteiger partial charge in [-0.25, -0.2) is 21.9 Å². The molecule has 0 bridgehead atoms. The molecule has 0 aromatic heterocycles. The number of morpholine rings is 1. The predicted molar refractivity (Wildman–Crippen MR) is 98.1 cm³/mol. The first-order valence-electron chi connectivity index (χ1n) is 8.39. The smallest absolute Gasteiger partial charge is 0.243 e. The molecule has 1 atom stereocenters. The quantitative estimate of drug-likeness (QED) is 0.786. The Morgan fingerprint density at radius 2 is 1.89 bits per heavy atom. The van der Waals surface area contributed by atoms with E-state index in [1.54, 1.807) is 18.2 Å². The maximum absolute atomic E-state index is 13.9. The fourth-order valence-corrected chi connectivity index (χ4v) is 4.31. The number of halogens is 3. The lowest BCUT2D eigenvalue weighted by Crippen LogP contribution is -2.43. The Balaban J connectivity index is 1.83. The lowest BCUT2D eigenvalue weighted by atomic mass is 10.1. The summed E-state index contributed by atoms with van der Waals surface area (Å²) >= 11 is 6.08. The van der Waals surface area contributed by atoms with Crippen LogP contribution in [0.3, 0.4) is 0 Å². The van der Waals surface area contributed by atoms with Crippen LogP contribution in [-0.4, -0.2) is 46.2 Å². The highest BCUT2D eigenvalue weighted by atomic mass is 35.5. The van der Waals surface area contributed by atoms with Gasteiger partial charge < -0.3 is 4.74 Å². The molecule has 1 unspecified atom stereocenters. The van der Waals surface area contributed by atoms with Crippen molar-refractivity contribution < 1.29 is 21.9 Å². The zero-order valence-electron chi connectivity index (χ0n) is 14.4. The molecule has 1 aliphatic rings. The van der Waals surface area contributed by atoms with Crippen LogP contribution in [-0.2, 0) is 14.8 Å². The first kappa shape index (κ1) is 20.2. The Kier molecular flexibility index (Phi) is 6.44. The van der Waals surface area contributed by atoms with Crippen LogP contribution >= 0.6 is 11.6 Å². The molecule has 1 N–H and O–H groups in total. The van der Waals surface area contributed by atoms with Gasteiger partial charge in [0.1, 0.15) is 16.5 Å². The number of hydrogen-bond acceptors (Lipinski definition) is 4. The molecule has 1 heterocycles. The van der Waals surface area contributed by atoms with Crippen molar-refractivity contribution in [3.63, 3.8) is 0 Å². The van der Waals surface area contributed by atoms with E-state index in [1.807, 2.05) is 6.07 Å². The topological polar surface area (TPSA) is 58.6 Å². The van der Waals surface area contributed by atoms with Crippen LogP contribution in [0.25, 0.3) is 0 Å². The second-order valence-corrected chi connectivity index (χ2v) is 8.32. The molecule has 0 spiro atoms. The van der Waals surface area contributed by atoms with E-state index in [1.165, 1.54) is 0 Å². The van der Waals surface area contributed by atoms with Gasteiger partial charge in [0.2, 0.25) is 10.0 Å². The van der Waals surface area contributed by atoms with Crippen LogP contribution in [0.4, 0.5) is 8.78 Å². The summed E-state index contributed by atoms with van der Waals surface area (Å²) < 4.78 is 59.8. The molecule has 5 nitrogen and oxygen atoms in total. The minimum absolute atomic E-state index is 0.0134. The average Bonchev–Trinajstić information content (AvgIpc) is 2.62. The summed E-state index contributed by atoms with van der Waals surface area (Å²) in [5.74, 6) is -1.97. The van der Waals surface area contributed by atoms with Crippen molar-refractivity contribution in [1.82, 2.24) is 9.62 Å². The van der Waals surface area contributed by atoms with Gasteiger partial charge in [-0.1, -0.05) is 23.7 Å². The predicted octanol–water partition coefficient (Wildman–Crippen LogP) is 2.97. The van der Waals surface area contributed by atoms with E-state index < -0.39 is 26.6 Å². The van der Waals surface area contributed by atoms with Gasteiger partial charge >= 0.3 is 0 Å². The first-order valence-corrected chi connectivity index (χ1v) is 10.2. The molecule has 1 aliphatic heterocycles. The summed E-state index contributed by atoms with van der Waals surface area (Å²) in [4.78, 5) is 1.49. The number of sulfonamides is 1. The minimum Gasteiger partial charge on any atom is -0.379 e. The van der Waals surface area contributed by atoms with E-state index in [9.17, 15) is 17.2 Å². The highest BCUT2D eigenvalue weighted by molar-refractivity contribution is 7.89. The largest absolute Gasteiger partial charge is 0.379 e. The SMILES string of the molecule is O=S(=O)(NCC(c1cccc(Cl)c1)N1CCOCC1)c1ccc(F)cc1F. The van der Waals surface area contributed by atoms with Crippen molar-refractivity contribution >= 4 is 21.6 Å². The van der Waals surface area contributed by atoms with E-state index in [0.29, 0.717) is 37.4 Å². The maximum Gasteiger partial charge on any atom is 0.243 e. The first-order chi connectivity index (χ1) is 12.9. The second-order valence-electron chi connectivity index (χ2n) is 6.15. The molecule has 27 heavy (non-hydrogen) atoms. The number of ether oxygens (including phenoxy) is 1. The molecule has 2 aromatic rings. The Morgan fingerprint density at radius 1 is 1.15 bits per heavy atom. The van der Waals surface area contributed by atoms with Crippen molar-refractivity contribution in [2.45, 2.75) is 10.9 Å². The highest BCUT2D eigenvalue weighted by Gasteiger charge is 2.26. The van der Waals surface area contributed by atoms with E-state index in [-0.39, 0.29) is 12.6 Å². The van der Waals surface area contributed by atoms with Gasteiger partial charge in [0.05, 0.1) is 13.2 Å². The van der Waals surface area contributed by atoms with Crippen LogP contribution in [0.5, 0.6) is 0 Å². The standard InChI is InChI=1S/C18H19ClF2N2O3S/c19-14-3-1-2-13(10-14)17(23-6-8-26-9-7-23)12-22-27(24,25)18-5-4-15(20)11-16(18)21/h1-5,10-11,17,22H,6-9,12H2. The summed E-state index contributed by atoms with van der Waals surface area (Å²) in [6.07, 6.45) is 0. The monoisotopic (exact) mass is 416 g/mol. The lowest BCUT2D eigenvalue weighted by Gasteiger charge is -2.35. The zero-order chi connectivity index (χ0) is 19.4. The highest BCUT2D eigenvalue weighted by Crippen LogP contribution is 2.25. The lowest BCUT2D eigenvalue weighted by molar-refractivity contribution is 0.0172. The van der Waals surface area contributed by atoms with Gasteiger partial charge in [-0.15, -0.1) is 0 Å². The van der Waals surface area contributed by atoms with Crippen molar-refractivity contribution in [2.24, 2.45) is 0 Å². The molecule has 0 saturated carbocycles. The van der Waals surface area contributed by atoms with Crippen LogP contribution in [0.1, 0.15) is 11.6 Å². The van der Waals surface area contributed by atoms with Gasteiger partial charge in [0, 0.05) is 36.8 Å². The number of nitrogens with one attached hydrogen (secondary N) is 1. The van der Waals surface area contributed by atoms with Crippen molar-refractivity contribution in [3.05, 3.63) is 64.7 Å². The number of nitrogens with zero attached hydrogens (tertiary/aromatic N) is 1. The number of hydrogen-bond donors (Lipinski definition) is 1. The molecule has 0 radical (unpaired) electrons. The van der Waals surface area contributed by atoms with E-state index in [2.05, 4.69) is 9.62 Å². The average molecular weight is 417 g/mol. The van der Waals surface area contributed by atoms with Gasteiger partial charge in [-0.05, 0) is 29.8 Å². The fraction of sp³-hybridized carbons (Fsp3) is 0.333. The Hall–Kier alpha value is -1.58. The fourth-order valence-electron chi connectivity index (χ4n) is 3.02. The van der Waals surface area contributed by atoms with Crippen LogP contribution < -0.4 is 4.72 Å². The van der Waals surface area contributed by atoms with Gasteiger partial charge in [0.25, 0.3) is 0 Å². The summed E-state index contributed by atoms with van der Waals surface area (Å²) in [6, 6.07) is 9.23. The molecule has 3 rings (SSSR count). The van der Waals surface area contributed by atoms with Gasteiger partial charge in [0.15, 0.2) is 0 Å². The Bertz CT molecular complexity index is 905. The molecule has 146 valence electrons. The normalized spacial score (nSPS) is 17.0. The molecule has 9 heteroatoms. The van der Waals surface area contributed by atoms with Crippen LogP contribution in [0, 0.1) is 11.6 Å². The van der Waals surface area contributed by atoms with Crippen molar-refractivity contribution in [3.8, 4) is 0 Å². The third-order valence-electron chi connectivity index (χ3n) is 4.37. The van der Waals surface area contributed by atoms with Crippen molar-refractivity contribution in [2.75, 3.05) is 32.8 Å². The molecular formula is C18H19ClF2N2O3S. The van der Waals surface area contributed by atoms with Crippen LogP contribution in [0.15, 0.2) is 47.4 Å². The maximum atomic E-state index is 13.9. The zero-order valence-corrected chi connectivity index (χ0v) is 15.9. The van der Waals surface area contributed by atoms with Crippen molar-refractivity contribution in [1.29, 1.82) is 0 Å². The molecule has 1 saturated heterocycles. The second kappa shape index (κ2) is 8.62. The molecule has 0 aliphatic carbocycles. The van der Waals surface area contributed by atoms with E-state index in [4.69, 9.17) is 16.3 Å². The van der Waals surface area contributed by atoms with E-state index in [0.717, 1.165) is 17.7 Å². The van der Waals surface area contributed by atoms with Gasteiger partial charge in [-0.3, -0.25) is 4.90 Å². The summed E-state index contributed by atoms with van der Waals surface area (Å²) in [6.45, 7) is 2.35. The molecular weight excluding hydrogens is 398 g/mol. The summed E-state index contributed by atoms with van der Waals surface area (Å²) in [7, 11) is -4.14. The Labute approximate surface area is 161 Å². The number of rotatable bonds is 6. The minimum atomic E-state index is -4.14. The molecule has 2 aromatic carbocycles. The summed E-state index contributed by atoms with van der Waals surface area (Å²) in [5, 5.41) is 0.540. The Morgan fingerprint density at radius 3 is 2.56 bits per heavy atom. The third kappa shape index (κ3) is 5.03. The third-order valence-corrected chi connectivity index (χ3v) is 6.06. The number of benzene rings is 2. The van der Waals surface area contributed by atoms with E-state index >= 15 is 0 Å².